The quantitative estimate of drug-likeness (QED) is 0.666. The predicted octanol–water partition coefficient (Wildman–Crippen LogP) is -0.0659. The molecule has 4 nitrogen and oxygen atoms in total. The van der Waals surface area contributed by atoms with Gasteiger partial charge in [0.15, 0.2) is 0 Å². The SMILES string of the molecule is CC(CNC(=O)[C@@H](C)N)N1CCCC1. The van der Waals surface area contributed by atoms with Crippen molar-refractivity contribution in [1.82, 2.24) is 10.2 Å². The number of carbonyl (C=O) groups is 1. The zero-order valence-corrected chi connectivity index (χ0v) is 9.12. The molecule has 2 atom stereocenters. The van der Waals surface area contributed by atoms with Crippen molar-refractivity contribution in [2.75, 3.05) is 19.6 Å². The fraction of sp³-hybridized carbons (Fsp3) is 0.900. The molecule has 1 aliphatic rings. The van der Waals surface area contributed by atoms with Gasteiger partial charge in [-0.25, -0.2) is 0 Å². The van der Waals surface area contributed by atoms with Gasteiger partial charge in [-0.05, 0) is 39.8 Å². The molecule has 0 aromatic heterocycles. The summed E-state index contributed by atoms with van der Waals surface area (Å²) in [6.07, 6.45) is 2.57. The van der Waals surface area contributed by atoms with E-state index in [4.69, 9.17) is 5.73 Å². The number of hydrogen-bond acceptors (Lipinski definition) is 3. The van der Waals surface area contributed by atoms with Crippen molar-refractivity contribution in [2.45, 2.75) is 38.8 Å². The fourth-order valence-electron chi connectivity index (χ4n) is 1.72. The van der Waals surface area contributed by atoms with Crippen LogP contribution in [0.15, 0.2) is 0 Å². The number of carbonyl (C=O) groups excluding carboxylic acids is 1. The van der Waals surface area contributed by atoms with E-state index < -0.39 is 6.04 Å². The molecule has 1 saturated heterocycles. The lowest BCUT2D eigenvalue weighted by atomic mass is 10.2. The Bertz CT molecular complexity index is 188. The Kier molecular flexibility index (Phi) is 4.35. The predicted molar refractivity (Wildman–Crippen MR) is 56.9 cm³/mol. The Morgan fingerprint density at radius 2 is 2.00 bits per heavy atom. The molecular weight excluding hydrogens is 178 g/mol. The van der Waals surface area contributed by atoms with Crippen LogP contribution in [-0.2, 0) is 4.79 Å². The van der Waals surface area contributed by atoms with Gasteiger partial charge in [0.25, 0.3) is 0 Å². The van der Waals surface area contributed by atoms with Crippen LogP contribution in [0.3, 0.4) is 0 Å². The summed E-state index contributed by atoms with van der Waals surface area (Å²) in [6.45, 7) is 6.88. The summed E-state index contributed by atoms with van der Waals surface area (Å²) in [5.41, 5.74) is 5.45. The number of rotatable bonds is 4. The average Bonchev–Trinajstić information content (AvgIpc) is 2.66. The van der Waals surface area contributed by atoms with Gasteiger partial charge in [-0.1, -0.05) is 0 Å². The number of nitrogens with one attached hydrogen (secondary N) is 1. The highest BCUT2D eigenvalue weighted by molar-refractivity contribution is 5.80. The molecule has 82 valence electrons. The summed E-state index contributed by atoms with van der Waals surface area (Å²) in [6, 6.07) is 0.0287. The van der Waals surface area contributed by atoms with Gasteiger partial charge >= 0.3 is 0 Å². The summed E-state index contributed by atoms with van der Waals surface area (Å²) in [4.78, 5) is 13.6. The van der Waals surface area contributed by atoms with E-state index in [-0.39, 0.29) is 5.91 Å². The number of hydrogen-bond donors (Lipinski definition) is 2. The third-order valence-electron chi connectivity index (χ3n) is 2.75. The maximum absolute atomic E-state index is 11.2. The minimum absolute atomic E-state index is 0.0592. The van der Waals surface area contributed by atoms with E-state index in [1.165, 1.54) is 12.8 Å². The van der Waals surface area contributed by atoms with Crippen molar-refractivity contribution in [3.05, 3.63) is 0 Å². The van der Waals surface area contributed by atoms with Crippen molar-refractivity contribution in [2.24, 2.45) is 5.73 Å². The lowest BCUT2D eigenvalue weighted by molar-refractivity contribution is -0.122. The van der Waals surface area contributed by atoms with Gasteiger partial charge in [-0.3, -0.25) is 9.69 Å². The first-order valence-corrected chi connectivity index (χ1v) is 5.38. The second-order valence-corrected chi connectivity index (χ2v) is 4.13. The summed E-state index contributed by atoms with van der Waals surface area (Å²) in [7, 11) is 0. The van der Waals surface area contributed by atoms with Crippen LogP contribution in [-0.4, -0.2) is 42.5 Å². The third kappa shape index (κ3) is 3.27. The first-order valence-electron chi connectivity index (χ1n) is 5.38. The second kappa shape index (κ2) is 5.32. The minimum atomic E-state index is -0.402. The van der Waals surface area contributed by atoms with E-state index in [1.807, 2.05) is 0 Å². The summed E-state index contributed by atoms with van der Waals surface area (Å²) in [5.74, 6) is -0.0592. The van der Waals surface area contributed by atoms with Gasteiger partial charge in [0.05, 0.1) is 6.04 Å². The van der Waals surface area contributed by atoms with Crippen molar-refractivity contribution in [3.63, 3.8) is 0 Å². The van der Waals surface area contributed by atoms with E-state index in [9.17, 15) is 4.79 Å². The topological polar surface area (TPSA) is 58.4 Å². The number of amides is 1. The van der Waals surface area contributed by atoms with E-state index >= 15 is 0 Å². The Hall–Kier alpha value is -0.610. The van der Waals surface area contributed by atoms with Gasteiger partial charge in [0.2, 0.25) is 5.91 Å². The maximum atomic E-state index is 11.2. The van der Waals surface area contributed by atoms with E-state index in [0.717, 1.165) is 13.1 Å². The smallest absolute Gasteiger partial charge is 0.236 e. The molecule has 3 N–H and O–H groups in total. The molecule has 1 heterocycles. The van der Waals surface area contributed by atoms with Crippen LogP contribution in [0.4, 0.5) is 0 Å². The Labute approximate surface area is 85.8 Å². The first kappa shape index (κ1) is 11.5. The zero-order chi connectivity index (χ0) is 10.6. The molecule has 1 aliphatic heterocycles. The lowest BCUT2D eigenvalue weighted by Crippen LogP contribution is -2.45. The van der Waals surface area contributed by atoms with Crippen LogP contribution in [0, 0.1) is 0 Å². The molecule has 1 rings (SSSR count). The number of nitrogens with two attached hydrogens (primary N) is 1. The molecule has 14 heavy (non-hydrogen) atoms. The molecule has 0 aromatic carbocycles. The van der Waals surface area contributed by atoms with Crippen LogP contribution in [0.2, 0.25) is 0 Å². The summed E-state index contributed by atoms with van der Waals surface area (Å²) < 4.78 is 0. The summed E-state index contributed by atoms with van der Waals surface area (Å²) in [5, 5.41) is 2.85. The van der Waals surface area contributed by atoms with Crippen LogP contribution >= 0.6 is 0 Å². The second-order valence-electron chi connectivity index (χ2n) is 4.13. The molecule has 1 amide bonds. The van der Waals surface area contributed by atoms with Crippen molar-refractivity contribution < 1.29 is 4.79 Å². The average molecular weight is 199 g/mol. The largest absolute Gasteiger partial charge is 0.353 e. The molecule has 0 aromatic rings. The lowest BCUT2D eigenvalue weighted by Gasteiger charge is -2.24. The maximum Gasteiger partial charge on any atom is 0.236 e. The Balaban J connectivity index is 2.20. The molecule has 0 radical (unpaired) electrons. The molecule has 0 aliphatic carbocycles. The normalized spacial score (nSPS) is 21.9. The van der Waals surface area contributed by atoms with Gasteiger partial charge in [-0.15, -0.1) is 0 Å². The number of nitrogens with zero attached hydrogens (tertiary/aromatic N) is 1. The van der Waals surface area contributed by atoms with Crippen LogP contribution < -0.4 is 11.1 Å². The van der Waals surface area contributed by atoms with Crippen molar-refractivity contribution in [1.29, 1.82) is 0 Å². The molecule has 0 saturated carbocycles. The van der Waals surface area contributed by atoms with Gasteiger partial charge in [0.1, 0.15) is 0 Å². The monoisotopic (exact) mass is 199 g/mol. The van der Waals surface area contributed by atoms with Gasteiger partial charge in [0, 0.05) is 12.6 Å². The highest BCUT2D eigenvalue weighted by Crippen LogP contribution is 2.10. The highest BCUT2D eigenvalue weighted by atomic mass is 16.2. The van der Waals surface area contributed by atoms with Gasteiger partial charge < -0.3 is 11.1 Å². The van der Waals surface area contributed by atoms with Crippen LogP contribution in [0.25, 0.3) is 0 Å². The van der Waals surface area contributed by atoms with Crippen LogP contribution in [0.1, 0.15) is 26.7 Å². The molecule has 1 fully saturated rings. The standard InChI is InChI=1S/C10H21N3O/c1-8(13-5-3-4-6-13)7-12-10(14)9(2)11/h8-9H,3-7,11H2,1-2H3,(H,12,14)/t8?,9-/m1/s1. The summed E-state index contributed by atoms with van der Waals surface area (Å²) >= 11 is 0. The van der Waals surface area contributed by atoms with E-state index in [2.05, 4.69) is 17.1 Å². The molecule has 1 unspecified atom stereocenters. The van der Waals surface area contributed by atoms with Crippen molar-refractivity contribution >= 4 is 5.91 Å². The highest BCUT2D eigenvalue weighted by Gasteiger charge is 2.18. The Morgan fingerprint density at radius 1 is 1.43 bits per heavy atom. The molecule has 0 spiro atoms. The zero-order valence-electron chi connectivity index (χ0n) is 9.12. The van der Waals surface area contributed by atoms with E-state index in [1.54, 1.807) is 6.92 Å². The molecule has 0 bridgehead atoms. The van der Waals surface area contributed by atoms with Crippen molar-refractivity contribution in [3.8, 4) is 0 Å². The Morgan fingerprint density at radius 3 is 2.50 bits per heavy atom. The van der Waals surface area contributed by atoms with E-state index in [0.29, 0.717) is 12.6 Å². The van der Waals surface area contributed by atoms with Gasteiger partial charge in [-0.2, -0.15) is 0 Å². The molecular formula is C10H21N3O. The van der Waals surface area contributed by atoms with Crippen LogP contribution in [0.5, 0.6) is 0 Å². The third-order valence-corrected chi connectivity index (χ3v) is 2.75. The fourth-order valence-corrected chi connectivity index (χ4v) is 1.72. The first-order chi connectivity index (χ1) is 6.61. The number of likely N-dealkylation sites (tertiary alicyclic amines) is 1. The minimum Gasteiger partial charge on any atom is -0.353 e. The molecule has 4 heteroatoms.